The summed E-state index contributed by atoms with van der Waals surface area (Å²) in [6.07, 6.45) is 0.358. The summed E-state index contributed by atoms with van der Waals surface area (Å²) in [4.78, 5) is 41.0. The van der Waals surface area contributed by atoms with Crippen LogP contribution in [-0.4, -0.2) is 45.2 Å². The molecule has 0 saturated carbocycles. The van der Waals surface area contributed by atoms with E-state index in [-0.39, 0.29) is 13.2 Å². The van der Waals surface area contributed by atoms with E-state index in [2.05, 4.69) is 5.32 Å². The molecule has 0 saturated heterocycles. The fourth-order valence-electron chi connectivity index (χ4n) is 5.42. The minimum Gasteiger partial charge on any atom is -0.497 e. The summed E-state index contributed by atoms with van der Waals surface area (Å²) in [5.41, 5.74) is 3.33. The Bertz CT molecular complexity index is 1310. The van der Waals surface area contributed by atoms with Gasteiger partial charge in [-0.3, -0.25) is 9.59 Å². The van der Waals surface area contributed by atoms with Gasteiger partial charge >= 0.3 is 11.9 Å². The van der Waals surface area contributed by atoms with E-state index in [4.69, 9.17) is 18.9 Å². The fourth-order valence-corrected chi connectivity index (χ4v) is 5.42. The van der Waals surface area contributed by atoms with Gasteiger partial charge in [0.15, 0.2) is 5.78 Å². The fraction of sp³-hybridized carbons (Fsp3) is 0.367. The van der Waals surface area contributed by atoms with Crippen molar-refractivity contribution in [3.05, 3.63) is 82.2 Å². The van der Waals surface area contributed by atoms with Crippen molar-refractivity contribution in [1.29, 1.82) is 0 Å². The van der Waals surface area contributed by atoms with Crippen LogP contribution in [0.1, 0.15) is 50.2 Å². The minimum atomic E-state index is -1.10. The van der Waals surface area contributed by atoms with Gasteiger partial charge in [-0.05, 0) is 51.0 Å². The van der Waals surface area contributed by atoms with E-state index in [1.165, 1.54) is 0 Å². The van der Waals surface area contributed by atoms with Crippen LogP contribution in [0.3, 0.4) is 0 Å². The van der Waals surface area contributed by atoms with Crippen molar-refractivity contribution in [2.75, 3.05) is 27.4 Å². The maximum atomic E-state index is 14.4. The Hall–Kier alpha value is -4.07. The molecule has 3 atom stereocenters. The zero-order valence-corrected chi connectivity index (χ0v) is 22.3. The SMILES string of the molecule is CCOC(=O)C1=C(C)NC2=C(C(=O)[C@@H](C(=O)OCC)[C@@H](c3cccc(OC)c3)C2)[C@@H]1c1ccccc1OC. The predicted octanol–water partition coefficient (Wildman–Crippen LogP) is 4.42. The number of hydrogen-bond acceptors (Lipinski definition) is 8. The van der Waals surface area contributed by atoms with Crippen LogP contribution in [0.5, 0.6) is 11.5 Å². The quantitative estimate of drug-likeness (QED) is 0.404. The van der Waals surface area contributed by atoms with Crippen LogP contribution in [0.4, 0.5) is 0 Å². The highest BCUT2D eigenvalue weighted by atomic mass is 16.5. The van der Waals surface area contributed by atoms with Crippen molar-refractivity contribution < 1.29 is 33.3 Å². The van der Waals surface area contributed by atoms with Crippen molar-refractivity contribution >= 4 is 17.7 Å². The Morgan fingerprint density at radius 2 is 1.71 bits per heavy atom. The molecule has 8 nitrogen and oxygen atoms in total. The van der Waals surface area contributed by atoms with E-state index in [9.17, 15) is 14.4 Å². The second kappa shape index (κ2) is 11.5. The second-order valence-corrected chi connectivity index (χ2v) is 9.13. The molecule has 2 aromatic carbocycles. The molecule has 0 bridgehead atoms. The van der Waals surface area contributed by atoms with Crippen LogP contribution >= 0.6 is 0 Å². The number of rotatable bonds is 8. The molecule has 200 valence electrons. The number of allylic oxidation sites excluding steroid dienone is 3. The third-order valence-corrected chi connectivity index (χ3v) is 7.03. The maximum absolute atomic E-state index is 14.4. The number of Topliss-reactive ketones (excluding diaryl/α,β-unsaturated/α-hetero) is 1. The molecule has 0 unspecified atom stereocenters. The first-order valence-electron chi connectivity index (χ1n) is 12.7. The molecule has 1 aliphatic carbocycles. The minimum absolute atomic E-state index is 0.140. The molecule has 0 spiro atoms. The van der Waals surface area contributed by atoms with Crippen LogP contribution in [0.15, 0.2) is 71.1 Å². The molecule has 0 radical (unpaired) electrons. The molecule has 8 heteroatoms. The number of carbonyl (C=O) groups excluding carboxylic acids is 3. The van der Waals surface area contributed by atoms with Gasteiger partial charge in [0.2, 0.25) is 0 Å². The second-order valence-electron chi connectivity index (χ2n) is 9.13. The average molecular weight is 520 g/mol. The lowest BCUT2D eigenvalue weighted by atomic mass is 9.67. The third kappa shape index (κ3) is 4.90. The van der Waals surface area contributed by atoms with E-state index in [0.29, 0.717) is 46.0 Å². The molecule has 1 aliphatic heterocycles. The molecule has 4 rings (SSSR count). The number of hydrogen-bond donors (Lipinski definition) is 1. The first kappa shape index (κ1) is 27.0. The highest BCUT2D eigenvalue weighted by Crippen LogP contribution is 2.49. The zero-order valence-electron chi connectivity index (χ0n) is 22.3. The Morgan fingerprint density at radius 3 is 2.39 bits per heavy atom. The summed E-state index contributed by atoms with van der Waals surface area (Å²) >= 11 is 0. The highest BCUT2D eigenvalue weighted by molar-refractivity contribution is 6.13. The van der Waals surface area contributed by atoms with Gasteiger partial charge in [0.1, 0.15) is 17.4 Å². The summed E-state index contributed by atoms with van der Waals surface area (Å²) in [7, 11) is 3.11. The van der Waals surface area contributed by atoms with Crippen LogP contribution in [0.2, 0.25) is 0 Å². The maximum Gasteiger partial charge on any atom is 0.336 e. The zero-order chi connectivity index (χ0) is 27.4. The molecule has 0 fully saturated rings. The van der Waals surface area contributed by atoms with Crippen LogP contribution in [0, 0.1) is 5.92 Å². The number of carbonyl (C=O) groups is 3. The molecule has 0 amide bonds. The smallest absolute Gasteiger partial charge is 0.336 e. The van der Waals surface area contributed by atoms with Crippen molar-refractivity contribution in [3.8, 4) is 11.5 Å². The monoisotopic (exact) mass is 519 g/mol. The van der Waals surface area contributed by atoms with Crippen LogP contribution < -0.4 is 14.8 Å². The summed E-state index contributed by atoms with van der Waals surface area (Å²) < 4.78 is 21.8. The summed E-state index contributed by atoms with van der Waals surface area (Å²) in [5, 5.41) is 3.31. The Morgan fingerprint density at radius 1 is 0.974 bits per heavy atom. The van der Waals surface area contributed by atoms with Crippen molar-refractivity contribution in [2.24, 2.45) is 5.92 Å². The molecule has 38 heavy (non-hydrogen) atoms. The summed E-state index contributed by atoms with van der Waals surface area (Å²) in [6, 6.07) is 14.6. The lowest BCUT2D eigenvalue weighted by Gasteiger charge is -2.39. The van der Waals surface area contributed by atoms with Gasteiger partial charge in [-0.2, -0.15) is 0 Å². The summed E-state index contributed by atoms with van der Waals surface area (Å²) in [5.74, 6) is -2.74. The van der Waals surface area contributed by atoms with Crippen LogP contribution in [-0.2, 0) is 23.9 Å². The number of dihydropyridines is 1. The van der Waals surface area contributed by atoms with Gasteiger partial charge in [0.25, 0.3) is 0 Å². The predicted molar refractivity (Wildman–Crippen MR) is 141 cm³/mol. The molecular formula is C30H33NO7. The van der Waals surface area contributed by atoms with Gasteiger partial charge in [-0.25, -0.2) is 4.79 Å². The Balaban J connectivity index is 1.93. The number of methoxy groups -OCH3 is 2. The number of benzene rings is 2. The Labute approximate surface area is 222 Å². The van der Waals surface area contributed by atoms with E-state index in [1.54, 1.807) is 41.1 Å². The van der Waals surface area contributed by atoms with Gasteiger partial charge in [0.05, 0.1) is 38.9 Å². The molecule has 2 aromatic rings. The highest BCUT2D eigenvalue weighted by Gasteiger charge is 2.49. The number of para-hydroxylation sites is 1. The number of esters is 2. The normalized spacial score (nSPS) is 20.9. The third-order valence-electron chi connectivity index (χ3n) is 7.03. The average Bonchev–Trinajstić information content (AvgIpc) is 2.92. The molecule has 1 N–H and O–H groups in total. The summed E-state index contributed by atoms with van der Waals surface area (Å²) in [6.45, 7) is 5.55. The van der Waals surface area contributed by atoms with Crippen molar-refractivity contribution in [2.45, 2.75) is 39.0 Å². The van der Waals surface area contributed by atoms with Gasteiger partial charge in [-0.15, -0.1) is 0 Å². The first-order valence-corrected chi connectivity index (χ1v) is 12.7. The topological polar surface area (TPSA) is 100 Å². The molecule has 1 heterocycles. The van der Waals surface area contributed by atoms with Crippen molar-refractivity contribution in [1.82, 2.24) is 5.32 Å². The van der Waals surface area contributed by atoms with E-state index in [0.717, 1.165) is 5.56 Å². The lowest BCUT2D eigenvalue weighted by Crippen LogP contribution is -2.43. The molecular weight excluding hydrogens is 486 g/mol. The van der Waals surface area contributed by atoms with E-state index in [1.807, 2.05) is 42.5 Å². The largest absolute Gasteiger partial charge is 0.497 e. The van der Waals surface area contributed by atoms with Gasteiger partial charge in [-0.1, -0.05) is 30.3 Å². The number of ketones is 1. The van der Waals surface area contributed by atoms with Gasteiger partial charge in [0, 0.05) is 28.4 Å². The van der Waals surface area contributed by atoms with Crippen LogP contribution in [0.25, 0.3) is 0 Å². The number of nitrogens with one attached hydrogen (secondary N) is 1. The van der Waals surface area contributed by atoms with Crippen molar-refractivity contribution in [3.63, 3.8) is 0 Å². The van der Waals surface area contributed by atoms with Gasteiger partial charge < -0.3 is 24.3 Å². The molecule has 0 aromatic heterocycles. The van der Waals surface area contributed by atoms with E-state index < -0.39 is 35.5 Å². The molecule has 2 aliphatic rings. The Kier molecular flexibility index (Phi) is 8.20. The van der Waals surface area contributed by atoms with E-state index >= 15 is 0 Å². The number of ether oxygens (including phenoxy) is 4. The first-order chi connectivity index (χ1) is 18.4. The standard InChI is InChI=1S/C30H33NO7/c1-6-37-29(33)24-17(3)31-22-16-21(18-11-10-12-19(15-18)35-4)26(30(34)38-7-2)28(32)27(22)25(24)20-13-8-9-14-23(20)36-5/h8-15,21,25-26,31H,6-7,16H2,1-5H3/t21-,25-,26+/m1/s1. The lowest BCUT2D eigenvalue weighted by molar-refractivity contribution is -0.152.